The van der Waals surface area contributed by atoms with Gasteiger partial charge in [0.25, 0.3) is 0 Å². The SMILES string of the molecule is CC(=O)NC1CCN(c2nc(-c3ccccn3)nc3c2c(C)nn3C)CC1. The third-order valence-corrected chi connectivity index (χ3v) is 4.94. The van der Waals surface area contributed by atoms with Gasteiger partial charge >= 0.3 is 0 Å². The Balaban J connectivity index is 1.74. The van der Waals surface area contributed by atoms with E-state index in [-0.39, 0.29) is 11.9 Å². The summed E-state index contributed by atoms with van der Waals surface area (Å²) in [4.78, 5) is 27.6. The van der Waals surface area contributed by atoms with Crippen molar-refractivity contribution in [3.05, 3.63) is 30.1 Å². The van der Waals surface area contributed by atoms with Gasteiger partial charge in [-0.3, -0.25) is 14.5 Å². The number of carbonyl (C=O) groups is 1. The highest BCUT2D eigenvalue weighted by atomic mass is 16.1. The smallest absolute Gasteiger partial charge is 0.217 e. The van der Waals surface area contributed by atoms with E-state index in [2.05, 4.69) is 20.3 Å². The summed E-state index contributed by atoms with van der Waals surface area (Å²) in [6.07, 6.45) is 3.53. The molecule has 27 heavy (non-hydrogen) atoms. The fraction of sp³-hybridized carbons (Fsp3) is 0.421. The Kier molecular flexibility index (Phi) is 4.47. The second-order valence-corrected chi connectivity index (χ2v) is 6.96. The van der Waals surface area contributed by atoms with Crippen LogP contribution in [0.15, 0.2) is 24.4 Å². The summed E-state index contributed by atoms with van der Waals surface area (Å²) in [7, 11) is 1.90. The number of rotatable bonds is 3. The van der Waals surface area contributed by atoms with Gasteiger partial charge in [0.15, 0.2) is 11.5 Å². The van der Waals surface area contributed by atoms with E-state index >= 15 is 0 Å². The lowest BCUT2D eigenvalue weighted by Crippen LogP contribution is -2.44. The minimum absolute atomic E-state index is 0.0263. The molecule has 1 N–H and O–H groups in total. The van der Waals surface area contributed by atoms with Gasteiger partial charge in [0, 0.05) is 39.3 Å². The molecule has 0 spiro atoms. The van der Waals surface area contributed by atoms with Crippen LogP contribution in [0.1, 0.15) is 25.5 Å². The average molecular weight is 365 g/mol. The van der Waals surface area contributed by atoms with E-state index < -0.39 is 0 Å². The molecule has 8 heteroatoms. The molecule has 1 aliphatic rings. The summed E-state index contributed by atoms with van der Waals surface area (Å²) in [6.45, 7) is 5.21. The zero-order valence-electron chi connectivity index (χ0n) is 15.8. The normalized spacial score (nSPS) is 15.3. The molecule has 0 unspecified atom stereocenters. The number of anilines is 1. The lowest BCUT2D eigenvalue weighted by molar-refractivity contribution is -0.119. The fourth-order valence-corrected chi connectivity index (χ4v) is 3.68. The summed E-state index contributed by atoms with van der Waals surface area (Å²) in [5.74, 6) is 1.52. The summed E-state index contributed by atoms with van der Waals surface area (Å²) in [6, 6.07) is 5.95. The Bertz CT molecular complexity index is 975. The van der Waals surface area contributed by atoms with Gasteiger partial charge in [-0.1, -0.05) is 6.07 Å². The molecule has 3 aromatic rings. The van der Waals surface area contributed by atoms with Gasteiger partial charge < -0.3 is 10.2 Å². The van der Waals surface area contributed by atoms with Crippen LogP contribution in [0.4, 0.5) is 5.82 Å². The molecule has 0 aliphatic carbocycles. The van der Waals surface area contributed by atoms with E-state index in [0.717, 1.165) is 54.2 Å². The van der Waals surface area contributed by atoms with Crippen LogP contribution in [0.2, 0.25) is 0 Å². The second kappa shape index (κ2) is 6.94. The van der Waals surface area contributed by atoms with Gasteiger partial charge in [-0.2, -0.15) is 5.10 Å². The zero-order valence-corrected chi connectivity index (χ0v) is 15.8. The van der Waals surface area contributed by atoms with E-state index in [9.17, 15) is 4.79 Å². The lowest BCUT2D eigenvalue weighted by Gasteiger charge is -2.33. The maximum absolute atomic E-state index is 11.3. The molecule has 0 atom stereocenters. The fourth-order valence-electron chi connectivity index (χ4n) is 3.68. The monoisotopic (exact) mass is 365 g/mol. The predicted molar refractivity (Wildman–Crippen MR) is 103 cm³/mol. The molecule has 0 radical (unpaired) electrons. The van der Waals surface area contributed by atoms with Crippen molar-refractivity contribution in [2.75, 3.05) is 18.0 Å². The number of amides is 1. The van der Waals surface area contributed by atoms with Crippen LogP contribution in [0.25, 0.3) is 22.6 Å². The number of fused-ring (bicyclic) bond motifs is 1. The first-order valence-corrected chi connectivity index (χ1v) is 9.17. The van der Waals surface area contributed by atoms with Crippen molar-refractivity contribution in [3.63, 3.8) is 0 Å². The number of carbonyl (C=O) groups excluding carboxylic acids is 1. The van der Waals surface area contributed by atoms with Crippen LogP contribution in [0, 0.1) is 6.92 Å². The van der Waals surface area contributed by atoms with E-state index in [1.165, 1.54) is 0 Å². The van der Waals surface area contributed by atoms with Crippen LogP contribution in [0.3, 0.4) is 0 Å². The topological polar surface area (TPSA) is 88.8 Å². The third-order valence-electron chi connectivity index (χ3n) is 4.94. The number of aryl methyl sites for hydroxylation is 2. The van der Waals surface area contributed by atoms with Crippen molar-refractivity contribution in [1.29, 1.82) is 0 Å². The Morgan fingerprint density at radius 1 is 1.22 bits per heavy atom. The summed E-state index contributed by atoms with van der Waals surface area (Å²) >= 11 is 0. The molecule has 0 saturated carbocycles. The van der Waals surface area contributed by atoms with Gasteiger partial charge in [0.1, 0.15) is 11.5 Å². The van der Waals surface area contributed by atoms with Crippen LogP contribution in [0.5, 0.6) is 0 Å². The molecule has 140 valence electrons. The molecule has 1 aliphatic heterocycles. The number of piperidine rings is 1. The quantitative estimate of drug-likeness (QED) is 0.762. The van der Waals surface area contributed by atoms with Crippen LogP contribution >= 0.6 is 0 Å². The molecular formula is C19H23N7O. The Morgan fingerprint density at radius 2 is 2.00 bits per heavy atom. The Morgan fingerprint density at radius 3 is 2.67 bits per heavy atom. The van der Waals surface area contributed by atoms with E-state index in [1.54, 1.807) is 17.8 Å². The number of hydrogen-bond acceptors (Lipinski definition) is 6. The predicted octanol–water partition coefficient (Wildman–Crippen LogP) is 1.84. The molecule has 4 rings (SSSR count). The first-order valence-electron chi connectivity index (χ1n) is 9.17. The van der Waals surface area contributed by atoms with E-state index in [0.29, 0.717) is 5.82 Å². The van der Waals surface area contributed by atoms with Crippen molar-refractivity contribution < 1.29 is 4.79 Å². The number of hydrogen-bond donors (Lipinski definition) is 1. The first-order chi connectivity index (χ1) is 13.0. The lowest BCUT2D eigenvalue weighted by atomic mass is 10.0. The highest BCUT2D eigenvalue weighted by Crippen LogP contribution is 2.30. The van der Waals surface area contributed by atoms with Gasteiger partial charge in [-0.25, -0.2) is 9.97 Å². The second-order valence-electron chi connectivity index (χ2n) is 6.96. The molecule has 0 bridgehead atoms. The first kappa shape index (κ1) is 17.4. The largest absolute Gasteiger partial charge is 0.356 e. The van der Waals surface area contributed by atoms with Crippen molar-refractivity contribution >= 4 is 22.8 Å². The van der Waals surface area contributed by atoms with Gasteiger partial charge in [-0.15, -0.1) is 0 Å². The Hall–Kier alpha value is -3.03. The molecular weight excluding hydrogens is 342 g/mol. The molecule has 1 saturated heterocycles. The zero-order chi connectivity index (χ0) is 19.0. The van der Waals surface area contributed by atoms with Crippen molar-refractivity contribution in [2.24, 2.45) is 7.05 Å². The minimum atomic E-state index is 0.0263. The average Bonchev–Trinajstić information content (AvgIpc) is 2.96. The molecule has 0 aromatic carbocycles. The molecule has 4 heterocycles. The van der Waals surface area contributed by atoms with Gasteiger partial charge in [0.2, 0.25) is 5.91 Å². The van der Waals surface area contributed by atoms with Crippen LogP contribution < -0.4 is 10.2 Å². The molecule has 1 amide bonds. The summed E-state index contributed by atoms with van der Waals surface area (Å²) in [5.41, 5.74) is 2.47. The maximum atomic E-state index is 11.3. The minimum Gasteiger partial charge on any atom is -0.356 e. The van der Waals surface area contributed by atoms with Gasteiger partial charge in [-0.05, 0) is 31.9 Å². The molecule has 1 fully saturated rings. The van der Waals surface area contributed by atoms with Crippen molar-refractivity contribution in [1.82, 2.24) is 30.0 Å². The van der Waals surface area contributed by atoms with Crippen molar-refractivity contribution in [3.8, 4) is 11.5 Å². The van der Waals surface area contributed by atoms with E-state index in [1.807, 2.05) is 32.2 Å². The molecule has 8 nitrogen and oxygen atoms in total. The Labute approximate surface area is 157 Å². The maximum Gasteiger partial charge on any atom is 0.217 e. The van der Waals surface area contributed by atoms with E-state index in [4.69, 9.17) is 9.97 Å². The third kappa shape index (κ3) is 3.34. The van der Waals surface area contributed by atoms with Crippen molar-refractivity contribution in [2.45, 2.75) is 32.7 Å². The number of pyridine rings is 1. The summed E-state index contributed by atoms with van der Waals surface area (Å²) < 4.78 is 1.80. The summed E-state index contributed by atoms with van der Waals surface area (Å²) in [5, 5.41) is 8.55. The number of nitrogens with one attached hydrogen (secondary N) is 1. The van der Waals surface area contributed by atoms with Crippen LogP contribution in [-0.4, -0.2) is 49.8 Å². The molecule has 3 aromatic heterocycles. The highest BCUT2D eigenvalue weighted by molar-refractivity contribution is 5.91. The van der Waals surface area contributed by atoms with Gasteiger partial charge in [0.05, 0.1) is 11.1 Å². The number of aromatic nitrogens is 5. The standard InChI is InChI=1S/C19H23N7O/c1-12-16-18(25(3)24-12)22-17(15-6-4-5-9-20-15)23-19(16)26-10-7-14(8-11-26)21-13(2)27/h4-6,9,14H,7-8,10-11H2,1-3H3,(H,21,27). The number of nitrogens with zero attached hydrogens (tertiary/aromatic N) is 6. The van der Waals surface area contributed by atoms with Crippen LogP contribution in [-0.2, 0) is 11.8 Å². The highest BCUT2D eigenvalue weighted by Gasteiger charge is 2.25.